The van der Waals surface area contributed by atoms with Gasteiger partial charge in [-0.2, -0.15) is 0 Å². The van der Waals surface area contributed by atoms with Crippen molar-refractivity contribution in [3.63, 3.8) is 0 Å². The molecule has 4 nitrogen and oxygen atoms in total. The van der Waals surface area contributed by atoms with E-state index in [1.165, 1.54) is 0 Å². The summed E-state index contributed by atoms with van der Waals surface area (Å²) >= 11 is 1.60. The number of aromatic nitrogens is 1. The van der Waals surface area contributed by atoms with Gasteiger partial charge >= 0.3 is 0 Å². The Labute approximate surface area is 115 Å². The molecule has 0 radical (unpaired) electrons. The summed E-state index contributed by atoms with van der Waals surface area (Å²) < 4.78 is 11.0. The zero-order valence-corrected chi connectivity index (χ0v) is 11.0. The van der Waals surface area contributed by atoms with E-state index < -0.39 is 0 Å². The van der Waals surface area contributed by atoms with E-state index >= 15 is 0 Å². The number of hydrogen-bond acceptors (Lipinski definition) is 5. The van der Waals surface area contributed by atoms with Crippen molar-refractivity contribution in [2.45, 2.75) is 16.1 Å². The van der Waals surface area contributed by atoms with Crippen molar-refractivity contribution in [2.75, 3.05) is 13.2 Å². The van der Waals surface area contributed by atoms with Crippen LogP contribution >= 0.6 is 11.8 Å². The Bertz CT molecular complexity index is 553. The largest absolute Gasteiger partial charge is 0.508 e. The average Bonchev–Trinajstić information content (AvgIpc) is 2.96. The van der Waals surface area contributed by atoms with Crippen LogP contribution < -0.4 is 0 Å². The second kappa shape index (κ2) is 5.61. The van der Waals surface area contributed by atoms with Gasteiger partial charge in [0.25, 0.3) is 0 Å². The van der Waals surface area contributed by atoms with E-state index in [-0.39, 0.29) is 12.0 Å². The average molecular weight is 275 g/mol. The van der Waals surface area contributed by atoms with Crippen molar-refractivity contribution in [1.82, 2.24) is 4.98 Å². The third-order valence-corrected chi connectivity index (χ3v) is 3.85. The predicted molar refractivity (Wildman–Crippen MR) is 71.1 cm³/mol. The van der Waals surface area contributed by atoms with E-state index in [4.69, 9.17) is 9.47 Å². The smallest absolute Gasteiger partial charge is 0.186 e. The molecule has 5 heteroatoms. The van der Waals surface area contributed by atoms with Crippen LogP contribution in [0.4, 0.5) is 0 Å². The first-order valence-electron chi connectivity index (χ1n) is 5.97. The van der Waals surface area contributed by atoms with Gasteiger partial charge in [0.2, 0.25) is 0 Å². The molecule has 98 valence electrons. The zero-order valence-electron chi connectivity index (χ0n) is 10.2. The van der Waals surface area contributed by atoms with Gasteiger partial charge in [0.05, 0.1) is 13.2 Å². The number of nitrogens with zero attached hydrogens (tertiary/aromatic N) is 1. The van der Waals surface area contributed by atoms with Crippen LogP contribution in [0.15, 0.2) is 52.5 Å². The van der Waals surface area contributed by atoms with Gasteiger partial charge in [-0.25, -0.2) is 0 Å². The molecule has 1 aliphatic rings. The minimum Gasteiger partial charge on any atom is -0.508 e. The second-order valence-electron chi connectivity index (χ2n) is 4.08. The van der Waals surface area contributed by atoms with E-state index in [1.54, 1.807) is 36.3 Å². The maximum absolute atomic E-state index is 9.29. The van der Waals surface area contributed by atoms with Crippen LogP contribution in [-0.4, -0.2) is 23.3 Å². The standard InChI is InChI=1S/C14H13NO3S/c16-10-1-3-11(4-2-10)19-13-5-6-15-9-12(13)14-17-7-8-18-14/h1-6,9,14,16H,7-8H2. The highest BCUT2D eigenvalue weighted by molar-refractivity contribution is 7.99. The maximum Gasteiger partial charge on any atom is 0.186 e. The maximum atomic E-state index is 9.29. The Morgan fingerprint density at radius 1 is 1.11 bits per heavy atom. The van der Waals surface area contributed by atoms with Crippen molar-refractivity contribution in [1.29, 1.82) is 0 Å². The molecule has 1 aromatic carbocycles. The number of hydrogen-bond donors (Lipinski definition) is 1. The molecular weight excluding hydrogens is 262 g/mol. The topological polar surface area (TPSA) is 51.6 Å². The molecule has 1 aromatic heterocycles. The molecule has 1 aliphatic heterocycles. The van der Waals surface area contributed by atoms with Gasteiger partial charge in [0.15, 0.2) is 6.29 Å². The van der Waals surface area contributed by atoms with Crippen LogP contribution in [0.1, 0.15) is 11.9 Å². The summed E-state index contributed by atoms with van der Waals surface area (Å²) in [6, 6.07) is 9.04. The molecule has 2 aromatic rings. The third kappa shape index (κ3) is 2.89. The molecule has 0 spiro atoms. The van der Waals surface area contributed by atoms with Crippen molar-refractivity contribution < 1.29 is 14.6 Å². The van der Waals surface area contributed by atoms with Gasteiger partial charge in [0, 0.05) is 27.7 Å². The summed E-state index contributed by atoms with van der Waals surface area (Å²) in [5.41, 5.74) is 0.943. The Morgan fingerprint density at radius 3 is 2.58 bits per heavy atom. The fraction of sp³-hybridized carbons (Fsp3) is 0.214. The minimum absolute atomic E-state index is 0.266. The molecule has 1 N–H and O–H groups in total. The van der Waals surface area contributed by atoms with Crippen LogP contribution in [-0.2, 0) is 9.47 Å². The van der Waals surface area contributed by atoms with Crippen molar-refractivity contribution >= 4 is 11.8 Å². The van der Waals surface area contributed by atoms with Gasteiger partial charge < -0.3 is 14.6 Å². The highest BCUT2D eigenvalue weighted by Crippen LogP contribution is 2.36. The molecular formula is C14H13NO3S. The number of rotatable bonds is 3. The highest BCUT2D eigenvalue weighted by Gasteiger charge is 2.21. The lowest BCUT2D eigenvalue weighted by Crippen LogP contribution is -2.00. The molecule has 19 heavy (non-hydrogen) atoms. The summed E-state index contributed by atoms with van der Waals surface area (Å²) in [5.74, 6) is 0.266. The number of ether oxygens (including phenoxy) is 2. The fourth-order valence-corrected chi connectivity index (χ4v) is 2.76. The number of aromatic hydroxyl groups is 1. The number of benzene rings is 1. The Morgan fingerprint density at radius 2 is 1.84 bits per heavy atom. The van der Waals surface area contributed by atoms with E-state index in [9.17, 15) is 5.11 Å². The Balaban J connectivity index is 1.85. The van der Waals surface area contributed by atoms with Gasteiger partial charge in [-0.15, -0.1) is 0 Å². The number of phenolic OH excluding ortho intramolecular Hbond substituents is 1. The lowest BCUT2D eigenvalue weighted by atomic mass is 10.3. The highest BCUT2D eigenvalue weighted by atomic mass is 32.2. The molecule has 1 saturated heterocycles. The molecule has 0 amide bonds. The summed E-state index contributed by atoms with van der Waals surface area (Å²) in [4.78, 5) is 6.23. The molecule has 0 unspecified atom stereocenters. The number of pyridine rings is 1. The zero-order chi connectivity index (χ0) is 13.1. The predicted octanol–water partition coefficient (Wildman–Crippen LogP) is 2.98. The molecule has 3 rings (SSSR count). The molecule has 0 atom stereocenters. The van der Waals surface area contributed by atoms with Crippen LogP contribution in [0.5, 0.6) is 5.75 Å². The summed E-state index contributed by atoms with van der Waals surface area (Å²) in [5, 5.41) is 9.29. The molecule has 0 saturated carbocycles. The number of phenols is 1. The van der Waals surface area contributed by atoms with E-state index in [0.29, 0.717) is 13.2 Å². The SMILES string of the molecule is Oc1ccc(Sc2ccncc2C2OCCO2)cc1. The van der Waals surface area contributed by atoms with Gasteiger partial charge in [0.1, 0.15) is 5.75 Å². The first-order valence-corrected chi connectivity index (χ1v) is 6.78. The van der Waals surface area contributed by atoms with Crippen LogP contribution in [0.25, 0.3) is 0 Å². The van der Waals surface area contributed by atoms with Gasteiger partial charge in [-0.1, -0.05) is 11.8 Å². The monoisotopic (exact) mass is 275 g/mol. The van der Waals surface area contributed by atoms with Crippen molar-refractivity contribution in [2.24, 2.45) is 0 Å². The fourth-order valence-electron chi connectivity index (χ4n) is 1.84. The molecule has 0 aliphatic carbocycles. The second-order valence-corrected chi connectivity index (χ2v) is 5.20. The lowest BCUT2D eigenvalue weighted by molar-refractivity contribution is -0.0462. The van der Waals surface area contributed by atoms with E-state index in [0.717, 1.165) is 15.4 Å². The summed E-state index contributed by atoms with van der Waals surface area (Å²) in [7, 11) is 0. The first kappa shape index (κ1) is 12.5. The third-order valence-electron chi connectivity index (χ3n) is 2.75. The van der Waals surface area contributed by atoms with Crippen LogP contribution in [0.2, 0.25) is 0 Å². The minimum atomic E-state index is -0.326. The molecule has 2 heterocycles. The Kier molecular flexibility index (Phi) is 3.68. The van der Waals surface area contributed by atoms with E-state index in [1.807, 2.05) is 18.2 Å². The van der Waals surface area contributed by atoms with Crippen molar-refractivity contribution in [3.05, 3.63) is 48.3 Å². The van der Waals surface area contributed by atoms with Crippen LogP contribution in [0.3, 0.4) is 0 Å². The first-order chi connectivity index (χ1) is 9.33. The van der Waals surface area contributed by atoms with Crippen molar-refractivity contribution in [3.8, 4) is 5.75 Å². The summed E-state index contributed by atoms with van der Waals surface area (Å²) in [6.07, 6.45) is 3.20. The molecule has 0 bridgehead atoms. The normalized spacial score (nSPS) is 15.8. The van der Waals surface area contributed by atoms with Gasteiger partial charge in [-0.05, 0) is 30.3 Å². The summed E-state index contributed by atoms with van der Waals surface area (Å²) in [6.45, 7) is 1.23. The Hall–Kier alpha value is -1.56. The quantitative estimate of drug-likeness (QED) is 0.933. The lowest BCUT2D eigenvalue weighted by Gasteiger charge is -2.13. The van der Waals surface area contributed by atoms with Crippen LogP contribution in [0, 0.1) is 0 Å². The van der Waals surface area contributed by atoms with E-state index in [2.05, 4.69) is 4.98 Å². The van der Waals surface area contributed by atoms with Gasteiger partial charge in [-0.3, -0.25) is 4.98 Å². The molecule has 1 fully saturated rings.